The molecule has 3 heterocycles. The van der Waals surface area contributed by atoms with Crippen molar-refractivity contribution in [3.63, 3.8) is 0 Å². The molecule has 2 saturated heterocycles. The summed E-state index contributed by atoms with van der Waals surface area (Å²) in [6.45, 7) is 0.218. The number of imide groups is 1. The summed E-state index contributed by atoms with van der Waals surface area (Å²) in [4.78, 5) is 27.2. The van der Waals surface area contributed by atoms with Crippen molar-refractivity contribution in [3.8, 4) is 17.2 Å². The van der Waals surface area contributed by atoms with E-state index in [2.05, 4.69) is 0 Å². The van der Waals surface area contributed by atoms with E-state index in [9.17, 15) is 9.59 Å². The van der Waals surface area contributed by atoms with Gasteiger partial charge in [-0.3, -0.25) is 9.69 Å². The lowest BCUT2D eigenvalue weighted by molar-refractivity contribution is -0.124. The SMILES string of the molecule is COc1cc([C@H]2[C@H]3O[C@H]3C=C[C@@H]2N2CC(=O)N(C)C2=O)cc2c1OCO2. The number of amides is 3. The second-order valence-corrected chi connectivity index (χ2v) is 6.79. The molecule has 0 aromatic heterocycles. The van der Waals surface area contributed by atoms with E-state index in [1.54, 1.807) is 12.0 Å². The van der Waals surface area contributed by atoms with Crippen molar-refractivity contribution < 1.29 is 28.5 Å². The molecule has 136 valence electrons. The van der Waals surface area contributed by atoms with Crippen molar-refractivity contribution in [2.45, 2.75) is 24.2 Å². The largest absolute Gasteiger partial charge is 0.493 e. The Labute approximate surface area is 149 Å². The van der Waals surface area contributed by atoms with Gasteiger partial charge in [0.05, 0.1) is 19.3 Å². The van der Waals surface area contributed by atoms with Gasteiger partial charge in [-0.25, -0.2) is 4.79 Å². The van der Waals surface area contributed by atoms with Crippen LogP contribution in [-0.2, 0) is 9.53 Å². The molecule has 8 heteroatoms. The van der Waals surface area contributed by atoms with Crippen molar-refractivity contribution in [2.24, 2.45) is 0 Å². The van der Waals surface area contributed by atoms with E-state index in [4.69, 9.17) is 18.9 Å². The lowest BCUT2D eigenvalue weighted by Gasteiger charge is -2.33. The summed E-state index contributed by atoms with van der Waals surface area (Å²) in [6, 6.07) is 3.24. The number of fused-ring (bicyclic) bond motifs is 2. The average Bonchev–Trinajstić information content (AvgIpc) is 3.21. The first-order chi connectivity index (χ1) is 12.6. The van der Waals surface area contributed by atoms with Crippen molar-refractivity contribution in [2.75, 3.05) is 27.5 Å². The maximum Gasteiger partial charge on any atom is 0.327 e. The molecule has 0 saturated carbocycles. The van der Waals surface area contributed by atoms with Crippen LogP contribution in [0.4, 0.5) is 4.79 Å². The third-order valence-electron chi connectivity index (χ3n) is 5.42. The molecule has 0 radical (unpaired) electrons. The summed E-state index contributed by atoms with van der Waals surface area (Å²) in [5.41, 5.74) is 0.933. The van der Waals surface area contributed by atoms with Gasteiger partial charge in [-0.2, -0.15) is 0 Å². The number of methoxy groups -OCH3 is 1. The number of carbonyl (C=O) groups is 2. The van der Waals surface area contributed by atoms with Gasteiger partial charge in [0.15, 0.2) is 11.5 Å². The summed E-state index contributed by atoms with van der Waals surface area (Å²) in [5, 5.41) is 0. The van der Waals surface area contributed by atoms with Gasteiger partial charge in [-0.1, -0.05) is 12.2 Å². The number of nitrogens with zero attached hydrogens (tertiary/aromatic N) is 2. The molecule has 1 aliphatic carbocycles. The van der Waals surface area contributed by atoms with Crippen LogP contribution in [0.2, 0.25) is 0 Å². The van der Waals surface area contributed by atoms with Crippen LogP contribution < -0.4 is 14.2 Å². The molecule has 3 aliphatic heterocycles. The van der Waals surface area contributed by atoms with Gasteiger partial charge in [0.25, 0.3) is 0 Å². The van der Waals surface area contributed by atoms with Crippen LogP contribution in [0.15, 0.2) is 24.3 Å². The fraction of sp³-hybridized carbons (Fsp3) is 0.444. The van der Waals surface area contributed by atoms with E-state index >= 15 is 0 Å². The number of epoxide rings is 1. The first-order valence-electron chi connectivity index (χ1n) is 8.47. The lowest BCUT2D eigenvalue weighted by Crippen LogP contribution is -2.44. The van der Waals surface area contributed by atoms with E-state index in [0.717, 1.165) is 10.5 Å². The number of likely N-dealkylation sites (N-methyl/N-ethyl adjacent to an activating group) is 1. The highest BCUT2D eigenvalue weighted by Crippen LogP contribution is 2.49. The molecular weight excluding hydrogens is 340 g/mol. The van der Waals surface area contributed by atoms with Crippen LogP contribution in [0.5, 0.6) is 17.2 Å². The second-order valence-electron chi connectivity index (χ2n) is 6.79. The maximum absolute atomic E-state index is 12.5. The monoisotopic (exact) mass is 358 g/mol. The highest BCUT2D eigenvalue weighted by atomic mass is 16.7. The Hall–Kier alpha value is -2.74. The molecule has 5 rings (SSSR count). The molecule has 26 heavy (non-hydrogen) atoms. The van der Waals surface area contributed by atoms with Crippen LogP contribution in [0.25, 0.3) is 0 Å². The van der Waals surface area contributed by atoms with E-state index in [1.165, 1.54) is 7.05 Å². The van der Waals surface area contributed by atoms with Gasteiger partial charge in [0.1, 0.15) is 12.6 Å². The van der Waals surface area contributed by atoms with Crippen molar-refractivity contribution in [1.29, 1.82) is 0 Å². The molecule has 1 aromatic carbocycles. The molecule has 2 fully saturated rings. The molecule has 0 bridgehead atoms. The summed E-state index contributed by atoms with van der Waals surface area (Å²) in [6.07, 6.45) is 3.93. The Morgan fingerprint density at radius 2 is 2.04 bits per heavy atom. The molecule has 1 aromatic rings. The Morgan fingerprint density at radius 3 is 2.77 bits per heavy atom. The van der Waals surface area contributed by atoms with Crippen LogP contribution in [0.3, 0.4) is 0 Å². The minimum absolute atomic E-state index is 0.0381. The quantitative estimate of drug-likeness (QED) is 0.457. The predicted octanol–water partition coefficient (Wildman–Crippen LogP) is 1.11. The zero-order valence-corrected chi connectivity index (χ0v) is 14.4. The highest BCUT2D eigenvalue weighted by molar-refractivity contribution is 6.02. The summed E-state index contributed by atoms with van der Waals surface area (Å²) >= 11 is 0. The topological polar surface area (TPSA) is 80.8 Å². The molecule has 0 unspecified atom stereocenters. The van der Waals surface area contributed by atoms with E-state index in [1.807, 2.05) is 24.3 Å². The molecule has 8 nitrogen and oxygen atoms in total. The molecular formula is C18H18N2O6. The van der Waals surface area contributed by atoms with E-state index < -0.39 is 0 Å². The first-order valence-corrected chi connectivity index (χ1v) is 8.47. The van der Waals surface area contributed by atoms with Crippen LogP contribution in [0, 0.1) is 0 Å². The molecule has 0 spiro atoms. The fourth-order valence-electron chi connectivity index (χ4n) is 4.00. The zero-order valence-electron chi connectivity index (χ0n) is 14.4. The minimum atomic E-state index is -0.290. The van der Waals surface area contributed by atoms with Gasteiger partial charge < -0.3 is 23.8 Å². The second kappa shape index (κ2) is 5.38. The smallest absolute Gasteiger partial charge is 0.327 e. The lowest BCUT2D eigenvalue weighted by atomic mass is 9.82. The molecule has 4 atom stereocenters. The maximum atomic E-state index is 12.5. The minimum Gasteiger partial charge on any atom is -0.493 e. The highest BCUT2D eigenvalue weighted by Gasteiger charge is 2.53. The normalized spacial score (nSPS) is 31.5. The molecule has 0 N–H and O–H groups in total. The van der Waals surface area contributed by atoms with Gasteiger partial charge in [0.2, 0.25) is 18.4 Å². The standard InChI is InChI=1S/C18H18N2O6/c1-19-14(21)7-20(18(19)22)10-3-4-11-17(26-11)15(10)9-5-12(23-2)16-13(6-9)24-8-25-16/h3-6,10-11,15,17H,7-8H2,1-2H3/t10-,11-,15+,17-/m0/s1. The van der Waals surface area contributed by atoms with Gasteiger partial charge in [-0.15, -0.1) is 0 Å². The van der Waals surface area contributed by atoms with E-state index in [0.29, 0.717) is 17.2 Å². The number of hydrogen-bond acceptors (Lipinski definition) is 6. The molecule has 4 aliphatic rings. The van der Waals surface area contributed by atoms with E-state index in [-0.39, 0.29) is 49.4 Å². The van der Waals surface area contributed by atoms with Crippen LogP contribution in [-0.4, -0.2) is 67.5 Å². The summed E-state index contributed by atoms with van der Waals surface area (Å²) in [5.74, 6) is 1.47. The zero-order chi connectivity index (χ0) is 18.0. The number of hydrogen-bond donors (Lipinski definition) is 0. The van der Waals surface area contributed by atoms with Crippen LogP contribution >= 0.6 is 0 Å². The van der Waals surface area contributed by atoms with Gasteiger partial charge in [0, 0.05) is 13.0 Å². The Morgan fingerprint density at radius 1 is 1.19 bits per heavy atom. The number of carbonyl (C=O) groups excluding carboxylic acids is 2. The molecule has 3 amide bonds. The van der Waals surface area contributed by atoms with Crippen molar-refractivity contribution in [1.82, 2.24) is 9.80 Å². The predicted molar refractivity (Wildman–Crippen MR) is 88.3 cm³/mol. The van der Waals surface area contributed by atoms with Crippen LogP contribution in [0.1, 0.15) is 11.5 Å². The number of urea groups is 1. The Bertz CT molecular complexity index is 837. The van der Waals surface area contributed by atoms with Gasteiger partial charge >= 0.3 is 6.03 Å². The average molecular weight is 358 g/mol. The number of rotatable bonds is 3. The fourth-order valence-corrected chi connectivity index (χ4v) is 4.00. The number of benzene rings is 1. The summed E-state index contributed by atoms with van der Waals surface area (Å²) in [7, 11) is 3.08. The third kappa shape index (κ3) is 2.11. The third-order valence-corrected chi connectivity index (χ3v) is 5.42. The van der Waals surface area contributed by atoms with Crippen molar-refractivity contribution >= 4 is 11.9 Å². The number of ether oxygens (including phenoxy) is 4. The Balaban J connectivity index is 1.56. The summed E-state index contributed by atoms with van der Waals surface area (Å²) < 4.78 is 22.2. The van der Waals surface area contributed by atoms with Crippen molar-refractivity contribution in [3.05, 3.63) is 29.8 Å². The van der Waals surface area contributed by atoms with Gasteiger partial charge in [-0.05, 0) is 17.7 Å². The Kier molecular flexibility index (Phi) is 3.21. The first kappa shape index (κ1) is 15.5.